The fourth-order valence-corrected chi connectivity index (χ4v) is 2.91. The summed E-state index contributed by atoms with van der Waals surface area (Å²) in [6.07, 6.45) is 5.38. The van der Waals surface area contributed by atoms with Crippen LogP contribution in [0, 0.1) is 11.3 Å². The molecule has 0 aliphatic carbocycles. The lowest BCUT2D eigenvalue weighted by molar-refractivity contribution is 0.00678. The maximum Gasteiger partial charge on any atom is 0.0664 e. The van der Waals surface area contributed by atoms with Gasteiger partial charge in [0.1, 0.15) is 0 Å². The Labute approximate surface area is 116 Å². The number of ether oxygens (including phenoxy) is 1. The monoisotopic (exact) mass is 265 g/mol. The van der Waals surface area contributed by atoms with Crippen LogP contribution in [0.4, 0.5) is 0 Å². The van der Waals surface area contributed by atoms with Crippen molar-refractivity contribution in [1.29, 1.82) is 0 Å². The first kappa shape index (κ1) is 14.5. The van der Waals surface area contributed by atoms with Gasteiger partial charge in [-0.15, -0.1) is 0 Å². The van der Waals surface area contributed by atoms with Crippen LogP contribution in [0.15, 0.2) is 18.5 Å². The van der Waals surface area contributed by atoms with Crippen molar-refractivity contribution in [2.45, 2.75) is 52.8 Å². The van der Waals surface area contributed by atoms with Gasteiger partial charge in [0.25, 0.3) is 0 Å². The molecule has 1 aromatic rings. The fraction of sp³-hybridized carbons (Fsp3) is 0.800. The summed E-state index contributed by atoms with van der Waals surface area (Å²) in [5.41, 5.74) is 0.230. The van der Waals surface area contributed by atoms with E-state index in [1.807, 2.05) is 23.1 Å². The van der Waals surface area contributed by atoms with Crippen molar-refractivity contribution in [3.63, 3.8) is 0 Å². The Bertz CT molecular complexity index is 369. The van der Waals surface area contributed by atoms with Crippen molar-refractivity contribution >= 4 is 0 Å². The SMILES string of the molecule is CC(Cn1cccn1)NC[C@H]1CCO[C@@H]1C(C)(C)C. The minimum absolute atomic E-state index is 0.230. The third kappa shape index (κ3) is 4.05. The van der Waals surface area contributed by atoms with Gasteiger partial charge in [-0.05, 0) is 24.8 Å². The van der Waals surface area contributed by atoms with Gasteiger partial charge in [-0.3, -0.25) is 4.68 Å². The van der Waals surface area contributed by atoms with Crippen molar-refractivity contribution in [3.05, 3.63) is 18.5 Å². The average Bonchev–Trinajstić information content (AvgIpc) is 2.95. The van der Waals surface area contributed by atoms with E-state index < -0.39 is 0 Å². The topological polar surface area (TPSA) is 39.1 Å². The lowest BCUT2D eigenvalue weighted by Gasteiger charge is -2.31. The zero-order valence-corrected chi connectivity index (χ0v) is 12.6. The zero-order chi connectivity index (χ0) is 13.9. The fourth-order valence-electron chi connectivity index (χ4n) is 2.91. The van der Waals surface area contributed by atoms with Gasteiger partial charge >= 0.3 is 0 Å². The molecule has 1 saturated heterocycles. The molecule has 0 bridgehead atoms. The summed E-state index contributed by atoms with van der Waals surface area (Å²) in [6.45, 7) is 11.9. The van der Waals surface area contributed by atoms with Crippen molar-refractivity contribution in [2.24, 2.45) is 11.3 Å². The second-order valence-corrected chi connectivity index (χ2v) is 6.74. The van der Waals surface area contributed by atoms with Crippen molar-refractivity contribution in [3.8, 4) is 0 Å². The van der Waals surface area contributed by atoms with Gasteiger partial charge < -0.3 is 10.1 Å². The van der Waals surface area contributed by atoms with Crippen LogP contribution in [0.25, 0.3) is 0 Å². The minimum Gasteiger partial charge on any atom is -0.377 e. The Kier molecular flexibility index (Phi) is 4.63. The Hall–Kier alpha value is -0.870. The Balaban J connectivity index is 1.78. The predicted molar refractivity (Wildman–Crippen MR) is 77.0 cm³/mol. The highest BCUT2D eigenvalue weighted by molar-refractivity contribution is 4.87. The largest absolute Gasteiger partial charge is 0.377 e. The Morgan fingerprint density at radius 3 is 2.89 bits per heavy atom. The molecule has 1 fully saturated rings. The number of hydrogen-bond acceptors (Lipinski definition) is 3. The molecule has 1 aliphatic rings. The van der Waals surface area contributed by atoms with Gasteiger partial charge in [-0.2, -0.15) is 5.10 Å². The van der Waals surface area contributed by atoms with Crippen molar-refractivity contribution in [2.75, 3.05) is 13.2 Å². The van der Waals surface area contributed by atoms with E-state index >= 15 is 0 Å². The highest BCUT2D eigenvalue weighted by Gasteiger charge is 2.36. The number of hydrogen-bond donors (Lipinski definition) is 1. The molecule has 0 aromatic carbocycles. The molecule has 19 heavy (non-hydrogen) atoms. The summed E-state index contributed by atoms with van der Waals surface area (Å²) in [4.78, 5) is 0. The van der Waals surface area contributed by atoms with E-state index in [9.17, 15) is 0 Å². The van der Waals surface area contributed by atoms with Gasteiger partial charge in [0.2, 0.25) is 0 Å². The smallest absolute Gasteiger partial charge is 0.0664 e. The third-order valence-electron chi connectivity index (χ3n) is 3.82. The first-order chi connectivity index (χ1) is 8.97. The van der Waals surface area contributed by atoms with Crippen molar-refractivity contribution in [1.82, 2.24) is 15.1 Å². The summed E-state index contributed by atoms with van der Waals surface area (Å²) >= 11 is 0. The molecule has 1 unspecified atom stereocenters. The maximum absolute atomic E-state index is 5.91. The summed E-state index contributed by atoms with van der Waals surface area (Å²) in [7, 11) is 0. The van der Waals surface area contributed by atoms with Gasteiger partial charge in [-0.25, -0.2) is 0 Å². The van der Waals surface area contributed by atoms with E-state index in [0.29, 0.717) is 18.1 Å². The first-order valence-corrected chi connectivity index (χ1v) is 7.29. The molecule has 2 rings (SSSR count). The quantitative estimate of drug-likeness (QED) is 0.888. The molecule has 0 spiro atoms. The van der Waals surface area contributed by atoms with Gasteiger partial charge in [-0.1, -0.05) is 20.8 Å². The summed E-state index contributed by atoms with van der Waals surface area (Å²) in [6, 6.07) is 2.40. The van der Waals surface area contributed by atoms with Crippen LogP contribution in [-0.2, 0) is 11.3 Å². The molecule has 4 nitrogen and oxygen atoms in total. The maximum atomic E-state index is 5.91. The normalized spacial score (nSPS) is 25.7. The molecule has 108 valence electrons. The molecule has 4 heteroatoms. The van der Waals surface area contributed by atoms with Crippen LogP contribution >= 0.6 is 0 Å². The van der Waals surface area contributed by atoms with Crippen LogP contribution in [0.2, 0.25) is 0 Å². The third-order valence-corrected chi connectivity index (χ3v) is 3.82. The minimum atomic E-state index is 0.230. The standard InChI is InChI=1S/C15H27N3O/c1-12(11-18-8-5-7-17-18)16-10-13-6-9-19-14(13)15(2,3)4/h5,7-8,12-14,16H,6,9-11H2,1-4H3/t12?,13-,14+/m1/s1. The summed E-state index contributed by atoms with van der Waals surface area (Å²) < 4.78 is 7.89. The van der Waals surface area contributed by atoms with E-state index in [2.05, 4.69) is 38.1 Å². The van der Waals surface area contributed by atoms with Gasteiger partial charge in [0.05, 0.1) is 12.6 Å². The Morgan fingerprint density at radius 2 is 2.26 bits per heavy atom. The van der Waals surface area contributed by atoms with Crippen molar-refractivity contribution < 1.29 is 4.74 Å². The van der Waals surface area contributed by atoms with Crippen LogP contribution in [0.3, 0.4) is 0 Å². The van der Waals surface area contributed by atoms with Crippen LogP contribution in [0.5, 0.6) is 0 Å². The Morgan fingerprint density at radius 1 is 1.47 bits per heavy atom. The molecule has 1 N–H and O–H groups in total. The predicted octanol–water partition coefficient (Wildman–Crippen LogP) is 2.31. The molecular formula is C15H27N3O. The molecule has 1 aromatic heterocycles. The van der Waals surface area contributed by atoms with E-state index in [1.165, 1.54) is 6.42 Å². The second-order valence-electron chi connectivity index (χ2n) is 6.74. The average molecular weight is 265 g/mol. The lowest BCUT2D eigenvalue weighted by Crippen LogP contribution is -2.40. The number of rotatable bonds is 5. The number of aromatic nitrogens is 2. The van der Waals surface area contributed by atoms with Crippen LogP contribution in [0.1, 0.15) is 34.1 Å². The molecule has 0 saturated carbocycles. The highest BCUT2D eigenvalue weighted by atomic mass is 16.5. The molecule has 0 radical (unpaired) electrons. The zero-order valence-electron chi connectivity index (χ0n) is 12.6. The van der Waals surface area contributed by atoms with E-state index in [0.717, 1.165) is 19.7 Å². The molecular weight excluding hydrogens is 238 g/mol. The summed E-state index contributed by atoms with van der Waals surface area (Å²) in [5, 5.41) is 7.87. The van der Waals surface area contributed by atoms with Crippen LogP contribution in [-0.4, -0.2) is 35.1 Å². The van der Waals surface area contributed by atoms with Gasteiger partial charge in [0, 0.05) is 37.5 Å². The molecule has 2 heterocycles. The lowest BCUT2D eigenvalue weighted by atomic mass is 9.81. The molecule has 1 aliphatic heterocycles. The van der Waals surface area contributed by atoms with E-state index in [1.54, 1.807) is 0 Å². The summed E-state index contributed by atoms with van der Waals surface area (Å²) in [5.74, 6) is 0.625. The van der Waals surface area contributed by atoms with E-state index in [4.69, 9.17) is 4.74 Å². The molecule has 0 amide bonds. The number of nitrogens with one attached hydrogen (secondary N) is 1. The second kappa shape index (κ2) is 6.06. The molecule has 3 atom stereocenters. The van der Waals surface area contributed by atoms with Gasteiger partial charge in [0.15, 0.2) is 0 Å². The first-order valence-electron chi connectivity index (χ1n) is 7.29. The number of nitrogens with zero attached hydrogens (tertiary/aromatic N) is 2. The van der Waals surface area contributed by atoms with E-state index in [-0.39, 0.29) is 5.41 Å². The highest BCUT2D eigenvalue weighted by Crippen LogP contribution is 2.34. The van der Waals surface area contributed by atoms with Crippen LogP contribution < -0.4 is 5.32 Å².